The summed E-state index contributed by atoms with van der Waals surface area (Å²) < 4.78 is 19.1. The molecule has 1 N–H and O–H groups in total. The van der Waals surface area contributed by atoms with Crippen molar-refractivity contribution in [2.45, 2.75) is 0 Å². The van der Waals surface area contributed by atoms with E-state index in [1.54, 1.807) is 24.3 Å². The van der Waals surface area contributed by atoms with Gasteiger partial charge in [-0.15, -0.1) is 0 Å². The first-order valence-corrected chi connectivity index (χ1v) is 8.65. The SMILES string of the molecule is COc1cc(C(=S)N2CCN(c3ccccc3F)CC2)cc(Cl)c1O. The minimum atomic E-state index is -0.214. The Kier molecular flexibility index (Phi) is 5.30. The molecule has 1 saturated heterocycles. The average molecular weight is 381 g/mol. The van der Waals surface area contributed by atoms with Crippen LogP contribution >= 0.6 is 23.8 Å². The standard InChI is InChI=1S/C18H18ClFN2O2S/c1-24-16-11-12(10-13(19)17(16)23)18(25)22-8-6-21(7-9-22)15-5-3-2-4-14(15)20/h2-5,10-11,23H,6-9H2,1H3. The van der Waals surface area contributed by atoms with E-state index >= 15 is 0 Å². The van der Waals surface area contributed by atoms with Crippen molar-refractivity contribution in [3.8, 4) is 11.5 Å². The number of phenolic OH excluding ortho intramolecular Hbond substituents is 1. The zero-order valence-corrected chi connectivity index (χ0v) is 15.3. The first kappa shape index (κ1) is 17.8. The highest BCUT2D eigenvalue weighted by atomic mass is 35.5. The lowest BCUT2D eigenvalue weighted by atomic mass is 10.1. The molecule has 1 aliphatic heterocycles. The van der Waals surface area contributed by atoms with Crippen LogP contribution in [0, 0.1) is 5.82 Å². The van der Waals surface area contributed by atoms with Crippen LogP contribution in [0.25, 0.3) is 0 Å². The summed E-state index contributed by atoms with van der Waals surface area (Å²) in [6.07, 6.45) is 0. The Morgan fingerprint density at radius 3 is 2.52 bits per heavy atom. The van der Waals surface area contributed by atoms with E-state index in [1.165, 1.54) is 13.2 Å². The zero-order valence-electron chi connectivity index (χ0n) is 13.7. The molecule has 132 valence electrons. The summed E-state index contributed by atoms with van der Waals surface area (Å²) >= 11 is 11.6. The number of ether oxygens (including phenoxy) is 1. The number of thiocarbonyl (C=S) groups is 1. The fraction of sp³-hybridized carbons (Fsp3) is 0.278. The molecule has 0 amide bonds. The Bertz CT molecular complexity index is 795. The molecule has 0 bridgehead atoms. The van der Waals surface area contributed by atoms with Gasteiger partial charge in [0.25, 0.3) is 0 Å². The van der Waals surface area contributed by atoms with E-state index in [0.29, 0.717) is 42.4 Å². The number of benzene rings is 2. The molecule has 2 aromatic carbocycles. The molecule has 0 saturated carbocycles. The summed E-state index contributed by atoms with van der Waals surface area (Å²) in [7, 11) is 1.46. The number of phenols is 1. The second kappa shape index (κ2) is 7.45. The lowest BCUT2D eigenvalue weighted by molar-refractivity contribution is 0.372. The van der Waals surface area contributed by atoms with Gasteiger partial charge in [0.15, 0.2) is 11.5 Å². The Morgan fingerprint density at radius 2 is 1.88 bits per heavy atom. The molecule has 3 rings (SSSR count). The first-order valence-electron chi connectivity index (χ1n) is 7.86. The largest absolute Gasteiger partial charge is 0.503 e. The van der Waals surface area contributed by atoms with Crippen molar-refractivity contribution in [2.24, 2.45) is 0 Å². The zero-order chi connectivity index (χ0) is 18.0. The Balaban J connectivity index is 1.72. The summed E-state index contributed by atoms with van der Waals surface area (Å²) in [6, 6.07) is 10.1. The van der Waals surface area contributed by atoms with Crippen LogP contribution in [0.1, 0.15) is 5.56 Å². The van der Waals surface area contributed by atoms with Crippen molar-refractivity contribution in [1.29, 1.82) is 0 Å². The minimum Gasteiger partial charge on any atom is -0.503 e. The van der Waals surface area contributed by atoms with Crippen LogP contribution < -0.4 is 9.64 Å². The van der Waals surface area contributed by atoms with Crippen molar-refractivity contribution >= 4 is 34.5 Å². The number of methoxy groups -OCH3 is 1. The van der Waals surface area contributed by atoms with Gasteiger partial charge < -0.3 is 19.6 Å². The van der Waals surface area contributed by atoms with Crippen LogP contribution in [0.4, 0.5) is 10.1 Å². The maximum atomic E-state index is 13.9. The molecule has 0 unspecified atom stereocenters. The van der Waals surface area contributed by atoms with Crippen LogP contribution in [0.15, 0.2) is 36.4 Å². The molecule has 0 spiro atoms. The summed E-state index contributed by atoms with van der Waals surface area (Å²) in [5.41, 5.74) is 1.33. The van der Waals surface area contributed by atoms with Crippen molar-refractivity contribution in [1.82, 2.24) is 4.90 Å². The van der Waals surface area contributed by atoms with E-state index in [-0.39, 0.29) is 22.3 Å². The maximum Gasteiger partial charge on any atom is 0.176 e. The van der Waals surface area contributed by atoms with Crippen LogP contribution in [0.2, 0.25) is 5.02 Å². The topological polar surface area (TPSA) is 35.9 Å². The number of anilines is 1. The highest BCUT2D eigenvalue weighted by Gasteiger charge is 2.22. The highest BCUT2D eigenvalue weighted by molar-refractivity contribution is 7.80. The van der Waals surface area contributed by atoms with Crippen molar-refractivity contribution in [3.63, 3.8) is 0 Å². The van der Waals surface area contributed by atoms with Gasteiger partial charge in [-0.1, -0.05) is 36.0 Å². The molecule has 0 aromatic heterocycles. The predicted molar refractivity (Wildman–Crippen MR) is 102 cm³/mol. The number of hydrogen-bond acceptors (Lipinski definition) is 4. The van der Waals surface area contributed by atoms with Crippen molar-refractivity contribution in [2.75, 3.05) is 38.2 Å². The summed E-state index contributed by atoms with van der Waals surface area (Å²) in [6.45, 7) is 2.69. The normalized spacial score (nSPS) is 14.5. The van der Waals surface area contributed by atoms with Crippen molar-refractivity contribution < 1.29 is 14.2 Å². The fourth-order valence-electron chi connectivity index (χ4n) is 2.89. The van der Waals surface area contributed by atoms with Gasteiger partial charge in [-0.25, -0.2) is 4.39 Å². The third kappa shape index (κ3) is 3.65. The molecule has 1 fully saturated rings. The molecule has 25 heavy (non-hydrogen) atoms. The highest BCUT2D eigenvalue weighted by Crippen LogP contribution is 2.35. The van der Waals surface area contributed by atoms with Crippen LogP contribution in [0.3, 0.4) is 0 Å². The van der Waals surface area contributed by atoms with Gasteiger partial charge in [-0.2, -0.15) is 0 Å². The molecule has 7 heteroatoms. The molecular formula is C18H18ClFN2O2S. The third-order valence-corrected chi connectivity index (χ3v) is 5.04. The third-order valence-electron chi connectivity index (χ3n) is 4.26. The smallest absolute Gasteiger partial charge is 0.176 e. The Morgan fingerprint density at radius 1 is 1.20 bits per heavy atom. The van der Waals surface area contributed by atoms with Crippen LogP contribution in [-0.4, -0.2) is 48.3 Å². The fourth-order valence-corrected chi connectivity index (χ4v) is 3.41. The lowest BCUT2D eigenvalue weighted by Crippen LogP contribution is -2.48. The summed E-state index contributed by atoms with van der Waals surface area (Å²) in [5.74, 6) is -0.0245. The van der Waals surface area contributed by atoms with E-state index in [1.807, 2.05) is 11.0 Å². The van der Waals surface area contributed by atoms with Gasteiger partial charge in [-0.3, -0.25) is 0 Å². The monoisotopic (exact) mass is 380 g/mol. The van der Waals surface area contributed by atoms with Gasteiger partial charge in [0.1, 0.15) is 10.8 Å². The Hall–Kier alpha value is -2.05. The van der Waals surface area contributed by atoms with E-state index in [2.05, 4.69) is 4.90 Å². The number of hydrogen-bond donors (Lipinski definition) is 1. The molecule has 0 radical (unpaired) electrons. The quantitative estimate of drug-likeness (QED) is 0.822. The van der Waals surface area contributed by atoms with Gasteiger partial charge in [0.2, 0.25) is 0 Å². The second-order valence-corrected chi connectivity index (χ2v) is 6.53. The number of halogens is 2. The van der Waals surface area contributed by atoms with Crippen LogP contribution in [0.5, 0.6) is 11.5 Å². The van der Waals surface area contributed by atoms with Crippen LogP contribution in [-0.2, 0) is 0 Å². The lowest BCUT2D eigenvalue weighted by Gasteiger charge is -2.37. The number of para-hydroxylation sites is 1. The number of aromatic hydroxyl groups is 1. The minimum absolute atomic E-state index is 0.0971. The van der Waals surface area contributed by atoms with Crippen molar-refractivity contribution in [3.05, 3.63) is 52.8 Å². The molecule has 2 aromatic rings. The maximum absolute atomic E-state index is 13.9. The number of piperazine rings is 1. The molecular weight excluding hydrogens is 363 g/mol. The van der Waals surface area contributed by atoms with E-state index < -0.39 is 0 Å². The number of nitrogens with zero attached hydrogens (tertiary/aromatic N) is 2. The van der Waals surface area contributed by atoms with E-state index in [9.17, 15) is 9.50 Å². The van der Waals surface area contributed by atoms with Gasteiger partial charge in [0, 0.05) is 31.7 Å². The summed E-state index contributed by atoms with van der Waals surface area (Å²) in [4.78, 5) is 4.70. The summed E-state index contributed by atoms with van der Waals surface area (Å²) in [5, 5.41) is 10.0. The first-order chi connectivity index (χ1) is 12.0. The van der Waals surface area contributed by atoms with Gasteiger partial charge in [0.05, 0.1) is 17.8 Å². The van der Waals surface area contributed by atoms with E-state index in [0.717, 1.165) is 0 Å². The van der Waals surface area contributed by atoms with Gasteiger partial charge in [-0.05, 0) is 24.3 Å². The Labute approximate surface area is 156 Å². The van der Waals surface area contributed by atoms with Gasteiger partial charge >= 0.3 is 0 Å². The molecule has 0 atom stereocenters. The molecule has 1 heterocycles. The average Bonchev–Trinajstić information content (AvgIpc) is 2.64. The second-order valence-electron chi connectivity index (χ2n) is 5.74. The molecule has 4 nitrogen and oxygen atoms in total. The molecule has 0 aliphatic carbocycles. The molecule has 1 aliphatic rings. The number of rotatable bonds is 3. The predicted octanol–water partition coefficient (Wildman–Crippen LogP) is 3.69. The van der Waals surface area contributed by atoms with E-state index in [4.69, 9.17) is 28.6 Å².